The zero-order valence-corrected chi connectivity index (χ0v) is 12.1. The molecule has 0 spiro atoms. The second-order valence-corrected chi connectivity index (χ2v) is 5.29. The molecule has 4 nitrogen and oxygen atoms in total. The third-order valence-electron chi connectivity index (χ3n) is 3.92. The topological polar surface area (TPSA) is 49.6 Å². The molecular weight excluding hydrogens is 238 g/mol. The molecule has 2 unspecified atom stereocenters. The lowest BCUT2D eigenvalue weighted by Crippen LogP contribution is -2.45. The van der Waals surface area contributed by atoms with Gasteiger partial charge in [0.05, 0.1) is 6.54 Å². The van der Waals surface area contributed by atoms with E-state index in [-0.39, 0.29) is 5.91 Å². The summed E-state index contributed by atoms with van der Waals surface area (Å²) < 4.78 is 0. The number of rotatable bonds is 8. The van der Waals surface area contributed by atoms with Gasteiger partial charge in [0, 0.05) is 19.1 Å². The van der Waals surface area contributed by atoms with Crippen LogP contribution in [0, 0.1) is 5.92 Å². The van der Waals surface area contributed by atoms with Crippen molar-refractivity contribution in [3.63, 3.8) is 0 Å². The van der Waals surface area contributed by atoms with Crippen molar-refractivity contribution < 1.29 is 4.79 Å². The van der Waals surface area contributed by atoms with Gasteiger partial charge in [0.15, 0.2) is 0 Å². The summed E-state index contributed by atoms with van der Waals surface area (Å²) in [7, 11) is 2.02. The van der Waals surface area contributed by atoms with Crippen LogP contribution in [0.15, 0.2) is 25.3 Å². The lowest BCUT2D eigenvalue weighted by molar-refractivity contribution is -0.131. The van der Waals surface area contributed by atoms with E-state index in [0.717, 1.165) is 6.42 Å². The molecule has 1 aliphatic carbocycles. The first kappa shape index (κ1) is 15.9. The molecule has 0 aliphatic heterocycles. The maximum atomic E-state index is 12.2. The van der Waals surface area contributed by atoms with Crippen molar-refractivity contribution >= 4 is 5.91 Å². The zero-order chi connectivity index (χ0) is 14.3. The molecule has 108 valence electrons. The van der Waals surface area contributed by atoms with Crippen molar-refractivity contribution in [2.75, 3.05) is 33.2 Å². The van der Waals surface area contributed by atoms with Gasteiger partial charge in [-0.15, -0.1) is 13.2 Å². The molecule has 1 saturated carbocycles. The highest BCUT2D eigenvalue weighted by atomic mass is 16.2. The number of hydrogen-bond acceptors (Lipinski definition) is 3. The molecule has 2 N–H and O–H groups in total. The molecule has 0 aromatic heterocycles. The summed E-state index contributed by atoms with van der Waals surface area (Å²) in [6, 6.07) is 0.447. The number of carbonyl (C=O) groups excluding carboxylic acids is 1. The van der Waals surface area contributed by atoms with Gasteiger partial charge in [0.25, 0.3) is 0 Å². The van der Waals surface area contributed by atoms with Crippen LogP contribution in [0.3, 0.4) is 0 Å². The molecule has 1 amide bonds. The molecule has 0 heterocycles. The number of nitrogens with two attached hydrogens (primary N) is 1. The first-order valence-electron chi connectivity index (χ1n) is 7.03. The van der Waals surface area contributed by atoms with E-state index < -0.39 is 0 Å². The molecule has 0 bridgehead atoms. The van der Waals surface area contributed by atoms with Crippen LogP contribution in [0.2, 0.25) is 0 Å². The van der Waals surface area contributed by atoms with Gasteiger partial charge in [-0.25, -0.2) is 0 Å². The minimum Gasteiger partial charge on any atom is -0.334 e. The van der Waals surface area contributed by atoms with Crippen LogP contribution in [-0.4, -0.2) is 55.0 Å². The Labute approximate surface area is 116 Å². The predicted octanol–water partition coefficient (Wildman–Crippen LogP) is 1.25. The van der Waals surface area contributed by atoms with Gasteiger partial charge in [0.1, 0.15) is 0 Å². The van der Waals surface area contributed by atoms with Crippen LogP contribution in [0.1, 0.15) is 19.3 Å². The van der Waals surface area contributed by atoms with Gasteiger partial charge in [-0.1, -0.05) is 18.6 Å². The molecule has 0 radical (unpaired) electrons. The molecule has 4 heteroatoms. The van der Waals surface area contributed by atoms with E-state index in [1.807, 2.05) is 7.05 Å². The van der Waals surface area contributed by atoms with Gasteiger partial charge in [0.2, 0.25) is 5.91 Å². The number of carbonyl (C=O) groups is 1. The number of nitrogens with zero attached hydrogens (tertiary/aromatic N) is 2. The average Bonchev–Trinajstić information content (AvgIpc) is 2.86. The number of likely N-dealkylation sites (N-methyl/N-ethyl adjacent to an activating group) is 1. The number of hydrogen-bond donors (Lipinski definition) is 1. The Hall–Kier alpha value is -1.13. The minimum atomic E-state index is 0.130. The average molecular weight is 265 g/mol. The molecule has 1 aliphatic rings. The fraction of sp³-hybridized carbons (Fsp3) is 0.667. The van der Waals surface area contributed by atoms with Crippen molar-refractivity contribution in [3.8, 4) is 0 Å². The molecule has 1 fully saturated rings. The summed E-state index contributed by atoms with van der Waals surface area (Å²) in [5, 5.41) is 0. The number of amides is 1. The summed E-state index contributed by atoms with van der Waals surface area (Å²) in [5.41, 5.74) is 5.80. The highest BCUT2D eigenvalue weighted by molar-refractivity contribution is 5.78. The van der Waals surface area contributed by atoms with Crippen LogP contribution >= 0.6 is 0 Å². The summed E-state index contributed by atoms with van der Waals surface area (Å²) in [6.45, 7) is 9.69. The van der Waals surface area contributed by atoms with E-state index in [0.29, 0.717) is 38.1 Å². The van der Waals surface area contributed by atoms with E-state index in [2.05, 4.69) is 18.1 Å². The molecule has 1 rings (SSSR count). The van der Waals surface area contributed by atoms with E-state index in [1.165, 1.54) is 12.8 Å². The normalized spacial score (nSPS) is 22.5. The van der Waals surface area contributed by atoms with Crippen LogP contribution in [0.5, 0.6) is 0 Å². The standard InChI is InChI=1S/C15H27N3O/c1-4-9-18(10-5-2)15(19)12-17(3)14-8-6-7-13(14)11-16/h4-5,13-14H,1-2,6-12,16H2,3H3. The monoisotopic (exact) mass is 265 g/mol. The summed E-state index contributed by atoms with van der Waals surface area (Å²) in [4.78, 5) is 16.2. The highest BCUT2D eigenvalue weighted by Gasteiger charge is 2.30. The highest BCUT2D eigenvalue weighted by Crippen LogP contribution is 2.28. The van der Waals surface area contributed by atoms with E-state index >= 15 is 0 Å². The maximum absolute atomic E-state index is 12.2. The third kappa shape index (κ3) is 4.48. The van der Waals surface area contributed by atoms with Crippen molar-refractivity contribution in [1.82, 2.24) is 9.80 Å². The van der Waals surface area contributed by atoms with Gasteiger partial charge >= 0.3 is 0 Å². The van der Waals surface area contributed by atoms with Crippen molar-refractivity contribution in [2.24, 2.45) is 11.7 Å². The first-order chi connectivity index (χ1) is 9.13. The quantitative estimate of drug-likeness (QED) is 0.672. The molecule has 2 atom stereocenters. The van der Waals surface area contributed by atoms with Crippen molar-refractivity contribution in [3.05, 3.63) is 25.3 Å². The molecule has 0 saturated heterocycles. The summed E-state index contributed by atoms with van der Waals surface area (Å²) in [5.74, 6) is 0.662. The minimum absolute atomic E-state index is 0.130. The van der Waals surface area contributed by atoms with Crippen molar-refractivity contribution in [2.45, 2.75) is 25.3 Å². The lowest BCUT2D eigenvalue weighted by atomic mass is 10.0. The largest absolute Gasteiger partial charge is 0.334 e. The Morgan fingerprint density at radius 2 is 1.95 bits per heavy atom. The molecule has 19 heavy (non-hydrogen) atoms. The Bertz CT molecular complexity index is 307. The predicted molar refractivity (Wildman–Crippen MR) is 79.8 cm³/mol. The van der Waals surface area contributed by atoms with Gasteiger partial charge in [-0.2, -0.15) is 0 Å². The third-order valence-corrected chi connectivity index (χ3v) is 3.92. The van der Waals surface area contributed by atoms with E-state index in [9.17, 15) is 4.79 Å². The van der Waals surface area contributed by atoms with Crippen LogP contribution in [0.4, 0.5) is 0 Å². The van der Waals surface area contributed by atoms with E-state index in [4.69, 9.17) is 5.73 Å². The van der Waals surface area contributed by atoms with E-state index in [1.54, 1.807) is 17.1 Å². The lowest BCUT2D eigenvalue weighted by Gasteiger charge is -2.30. The molecular formula is C15H27N3O. The Kier molecular flexibility index (Phi) is 6.81. The zero-order valence-electron chi connectivity index (χ0n) is 12.1. The summed E-state index contributed by atoms with van der Waals surface area (Å²) >= 11 is 0. The smallest absolute Gasteiger partial charge is 0.237 e. The fourth-order valence-electron chi connectivity index (χ4n) is 2.89. The summed E-state index contributed by atoms with van der Waals surface area (Å²) in [6.07, 6.45) is 7.05. The fourth-order valence-corrected chi connectivity index (χ4v) is 2.89. The first-order valence-corrected chi connectivity index (χ1v) is 7.03. The Morgan fingerprint density at radius 1 is 1.32 bits per heavy atom. The second-order valence-electron chi connectivity index (χ2n) is 5.29. The second kappa shape index (κ2) is 8.12. The SMILES string of the molecule is C=CCN(CC=C)C(=O)CN(C)C1CCCC1CN. The van der Waals surface area contributed by atoms with Crippen molar-refractivity contribution in [1.29, 1.82) is 0 Å². The molecule has 0 aromatic carbocycles. The van der Waals surface area contributed by atoms with Gasteiger partial charge < -0.3 is 10.6 Å². The maximum Gasteiger partial charge on any atom is 0.237 e. The van der Waals surface area contributed by atoms with Gasteiger partial charge in [-0.3, -0.25) is 9.69 Å². The van der Waals surface area contributed by atoms with Gasteiger partial charge in [-0.05, 0) is 32.4 Å². The van der Waals surface area contributed by atoms with Crippen LogP contribution in [-0.2, 0) is 4.79 Å². The Morgan fingerprint density at radius 3 is 2.47 bits per heavy atom. The molecule has 0 aromatic rings. The Balaban J connectivity index is 2.53. The van der Waals surface area contributed by atoms with Crippen LogP contribution < -0.4 is 5.73 Å². The van der Waals surface area contributed by atoms with Crippen LogP contribution in [0.25, 0.3) is 0 Å².